The summed E-state index contributed by atoms with van der Waals surface area (Å²) in [4.78, 5) is 24.0. The molecule has 0 aromatic heterocycles. The lowest BCUT2D eigenvalue weighted by atomic mass is 9.67. The molecule has 2 bridgehead atoms. The van der Waals surface area contributed by atoms with Crippen molar-refractivity contribution in [3.8, 4) is 0 Å². The molecule has 0 amide bonds. The van der Waals surface area contributed by atoms with E-state index in [4.69, 9.17) is 18.9 Å². The molecule has 0 N–H and O–H groups in total. The molecule has 18 heavy (non-hydrogen) atoms. The first-order valence-electron chi connectivity index (χ1n) is 5.91. The van der Waals surface area contributed by atoms with Gasteiger partial charge in [0.25, 0.3) is 0 Å². The van der Waals surface area contributed by atoms with Crippen LogP contribution >= 0.6 is 0 Å². The zero-order chi connectivity index (χ0) is 13.3. The summed E-state index contributed by atoms with van der Waals surface area (Å²) in [6, 6.07) is 0. The number of esters is 2. The number of rotatable bonds is 2. The number of hydrogen-bond donors (Lipinski definition) is 0. The first-order valence-corrected chi connectivity index (χ1v) is 5.91. The Hall–Kier alpha value is -1.14. The first kappa shape index (κ1) is 11.9. The molecule has 100 valence electrons. The van der Waals surface area contributed by atoms with Crippen molar-refractivity contribution >= 4 is 11.9 Å². The smallest absolute Gasteiger partial charge is 0.312 e. The lowest BCUT2D eigenvalue weighted by molar-refractivity contribution is -0.160. The zero-order valence-corrected chi connectivity index (χ0v) is 10.8. The molecule has 0 radical (unpaired) electrons. The second-order valence-corrected chi connectivity index (χ2v) is 5.45. The van der Waals surface area contributed by atoms with Gasteiger partial charge in [-0.05, 0) is 13.8 Å². The van der Waals surface area contributed by atoms with Crippen molar-refractivity contribution in [3.63, 3.8) is 0 Å². The summed E-state index contributed by atoms with van der Waals surface area (Å²) in [5, 5.41) is 0. The first-order chi connectivity index (χ1) is 8.40. The number of carbonyl (C=O) groups is 2. The van der Waals surface area contributed by atoms with Crippen LogP contribution in [-0.2, 0) is 28.5 Å². The van der Waals surface area contributed by atoms with Gasteiger partial charge in [-0.1, -0.05) is 0 Å². The van der Waals surface area contributed by atoms with Gasteiger partial charge in [0.2, 0.25) is 0 Å². The maximum Gasteiger partial charge on any atom is 0.312 e. The van der Waals surface area contributed by atoms with Crippen LogP contribution in [0.1, 0.15) is 13.8 Å². The van der Waals surface area contributed by atoms with Gasteiger partial charge in [0.15, 0.2) is 0 Å². The Balaban J connectivity index is 2.05. The molecule has 3 saturated heterocycles. The molecule has 0 aliphatic carbocycles. The highest BCUT2D eigenvalue weighted by Crippen LogP contribution is 2.66. The van der Waals surface area contributed by atoms with E-state index in [1.54, 1.807) is 13.8 Å². The van der Waals surface area contributed by atoms with Gasteiger partial charge in [-0.2, -0.15) is 0 Å². The van der Waals surface area contributed by atoms with Crippen LogP contribution in [0.5, 0.6) is 0 Å². The maximum atomic E-state index is 12.0. The van der Waals surface area contributed by atoms with Crippen LogP contribution < -0.4 is 0 Å². The van der Waals surface area contributed by atoms with Gasteiger partial charge in [-0.15, -0.1) is 0 Å². The third kappa shape index (κ3) is 1.10. The van der Waals surface area contributed by atoms with Gasteiger partial charge in [0.1, 0.15) is 35.2 Å². The average molecular weight is 256 g/mol. The Morgan fingerprint density at radius 3 is 1.67 bits per heavy atom. The van der Waals surface area contributed by atoms with Crippen LogP contribution in [0.3, 0.4) is 0 Å². The van der Waals surface area contributed by atoms with Crippen LogP contribution in [0.15, 0.2) is 0 Å². The molecule has 0 aromatic carbocycles. The molecule has 3 heterocycles. The number of hydrogen-bond acceptors (Lipinski definition) is 6. The lowest BCUT2D eigenvalue weighted by Crippen LogP contribution is -2.51. The molecule has 6 atom stereocenters. The Bertz CT molecular complexity index is 396. The molecule has 3 fully saturated rings. The Labute approximate surface area is 105 Å². The van der Waals surface area contributed by atoms with Gasteiger partial charge in [0.05, 0.1) is 14.2 Å². The van der Waals surface area contributed by atoms with Gasteiger partial charge >= 0.3 is 11.9 Å². The van der Waals surface area contributed by atoms with Crippen LogP contribution in [-0.4, -0.2) is 49.6 Å². The highest BCUT2D eigenvalue weighted by Gasteiger charge is 2.83. The number of fused-ring (bicyclic) bond motifs is 5. The second kappa shape index (κ2) is 3.24. The minimum absolute atomic E-state index is 0.132. The topological polar surface area (TPSA) is 74.4 Å². The number of epoxide rings is 1. The molecule has 0 spiro atoms. The molecular weight excluding hydrogens is 240 g/mol. The Kier molecular flexibility index (Phi) is 2.15. The number of ether oxygens (including phenoxy) is 4. The summed E-state index contributed by atoms with van der Waals surface area (Å²) in [5.41, 5.74) is -1.60. The van der Waals surface area contributed by atoms with Crippen LogP contribution in [0.4, 0.5) is 0 Å². The van der Waals surface area contributed by atoms with Crippen molar-refractivity contribution in [2.45, 2.75) is 37.3 Å². The Morgan fingerprint density at radius 2 is 1.33 bits per heavy atom. The van der Waals surface area contributed by atoms with Crippen molar-refractivity contribution in [3.05, 3.63) is 0 Å². The van der Waals surface area contributed by atoms with E-state index in [1.807, 2.05) is 0 Å². The predicted octanol–water partition coefficient (Wildman–Crippen LogP) is -0.107. The van der Waals surface area contributed by atoms with Crippen LogP contribution in [0.25, 0.3) is 0 Å². The largest absolute Gasteiger partial charge is 0.469 e. The molecule has 0 saturated carbocycles. The Morgan fingerprint density at radius 1 is 0.944 bits per heavy atom. The fraction of sp³-hybridized carbons (Fsp3) is 0.833. The van der Waals surface area contributed by atoms with E-state index >= 15 is 0 Å². The average Bonchev–Trinajstić information content (AvgIpc) is 3.07. The van der Waals surface area contributed by atoms with Crippen molar-refractivity contribution in [2.75, 3.05) is 14.2 Å². The molecule has 6 unspecified atom stereocenters. The van der Waals surface area contributed by atoms with E-state index in [1.165, 1.54) is 14.2 Å². The highest BCUT2D eigenvalue weighted by atomic mass is 16.7. The minimum atomic E-state index is -0.800. The predicted molar refractivity (Wildman–Crippen MR) is 57.6 cm³/mol. The SMILES string of the molecule is COC(=O)C1C(C(=O)OC)C2(C)OC1(C)C1OC12. The van der Waals surface area contributed by atoms with Gasteiger partial charge in [0, 0.05) is 0 Å². The molecule has 3 rings (SSSR count). The summed E-state index contributed by atoms with van der Waals surface area (Å²) in [6.07, 6.45) is -0.264. The molecule has 6 nitrogen and oxygen atoms in total. The monoisotopic (exact) mass is 256 g/mol. The maximum absolute atomic E-state index is 12.0. The van der Waals surface area contributed by atoms with E-state index in [-0.39, 0.29) is 12.2 Å². The second-order valence-electron chi connectivity index (χ2n) is 5.45. The standard InChI is InChI=1S/C12H16O6/c1-11-5(9(13)15-3)6(10(14)16-4)12(2,18-11)8-7(11)17-8/h5-8H,1-4H3. The van der Waals surface area contributed by atoms with Crippen molar-refractivity contribution in [2.24, 2.45) is 11.8 Å². The van der Waals surface area contributed by atoms with Gasteiger partial charge < -0.3 is 18.9 Å². The normalized spacial score (nSPS) is 51.8. The van der Waals surface area contributed by atoms with Crippen molar-refractivity contribution in [1.29, 1.82) is 0 Å². The van der Waals surface area contributed by atoms with Crippen LogP contribution in [0.2, 0.25) is 0 Å². The minimum Gasteiger partial charge on any atom is -0.469 e. The van der Waals surface area contributed by atoms with Crippen molar-refractivity contribution < 1.29 is 28.5 Å². The summed E-state index contributed by atoms with van der Waals surface area (Å²) >= 11 is 0. The third-order valence-electron chi connectivity index (χ3n) is 4.54. The van der Waals surface area contributed by atoms with E-state index in [2.05, 4.69) is 0 Å². The number of methoxy groups -OCH3 is 2. The fourth-order valence-electron chi connectivity index (χ4n) is 3.71. The molecular formula is C12H16O6. The van der Waals surface area contributed by atoms with Gasteiger partial charge in [-0.25, -0.2) is 0 Å². The van der Waals surface area contributed by atoms with Crippen LogP contribution in [0, 0.1) is 11.8 Å². The highest BCUT2D eigenvalue weighted by molar-refractivity contribution is 5.86. The van der Waals surface area contributed by atoms with Crippen molar-refractivity contribution in [1.82, 2.24) is 0 Å². The molecule has 0 aromatic rings. The fourth-order valence-corrected chi connectivity index (χ4v) is 3.71. The quantitative estimate of drug-likeness (QED) is 0.507. The van der Waals surface area contributed by atoms with E-state index < -0.39 is 35.0 Å². The molecule has 6 heteroatoms. The summed E-state index contributed by atoms with van der Waals surface area (Å²) in [6.45, 7) is 3.60. The number of carbonyl (C=O) groups excluding carboxylic acids is 2. The summed E-state index contributed by atoms with van der Waals surface area (Å²) in [5.74, 6) is -2.26. The van der Waals surface area contributed by atoms with E-state index in [9.17, 15) is 9.59 Å². The summed E-state index contributed by atoms with van der Waals surface area (Å²) < 4.78 is 21.1. The van der Waals surface area contributed by atoms with E-state index in [0.29, 0.717) is 0 Å². The third-order valence-corrected chi connectivity index (χ3v) is 4.54. The summed E-state index contributed by atoms with van der Waals surface area (Å²) in [7, 11) is 2.61. The zero-order valence-electron chi connectivity index (χ0n) is 10.8. The molecule has 3 aliphatic rings. The lowest BCUT2D eigenvalue weighted by Gasteiger charge is -2.29. The van der Waals surface area contributed by atoms with Gasteiger partial charge in [-0.3, -0.25) is 9.59 Å². The van der Waals surface area contributed by atoms with E-state index in [0.717, 1.165) is 0 Å². The molecule has 3 aliphatic heterocycles.